The second-order valence-electron chi connectivity index (χ2n) is 7.28. The Hall–Kier alpha value is -1.57. The van der Waals surface area contributed by atoms with Crippen molar-refractivity contribution in [3.8, 4) is 0 Å². The van der Waals surface area contributed by atoms with Gasteiger partial charge in [-0.25, -0.2) is 4.79 Å². The van der Waals surface area contributed by atoms with E-state index in [0.29, 0.717) is 5.92 Å². The van der Waals surface area contributed by atoms with Crippen LogP contribution >= 0.6 is 0 Å². The zero-order valence-corrected chi connectivity index (χ0v) is 13.1. The van der Waals surface area contributed by atoms with Crippen molar-refractivity contribution >= 4 is 12.0 Å². The quantitative estimate of drug-likeness (QED) is 0.605. The van der Waals surface area contributed by atoms with Crippen LogP contribution < -0.4 is 0 Å². The van der Waals surface area contributed by atoms with Crippen molar-refractivity contribution in [3.63, 3.8) is 0 Å². The molecule has 21 heavy (non-hydrogen) atoms. The van der Waals surface area contributed by atoms with Crippen molar-refractivity contribution in [1.82, 2.24) is 0 Å². The summed E-state index contributed by atoms with van der Waals surface area (Å²) < 4.78 is 5.78. The zero-order valence-electron chi connectivity index (χ0n) is 13.1. The third-order valence-corrected chi connectivity index (χ3v) is 6.18. The van der Waals surface area contributed by atoms with Crippen LogP contribution in [0.2, 0.25) is 0 Å². The predicted molar refractivity (Wildman–Crippen MR) is 84.6 cm³/mol. The van der Waals surface area contributed by atoms with Crippen molar-refractivity contribution in [1.29, 1.82) is 0 Å². The van der Waals surface area contributed by atoms with Gasteiger partial charge in [-0.3, -0.25) is 0 Å². The molecule has 0 heterocycles. The van der Waals surface area contributed by atoms with Crippen LogP contribution in [0.1, 0.15) is 45.6 Å². The van der Waals surface area contributed by atoms with Gasteiger partial charge in [-0.05, 0) is 42.2 Å². The van der Waals surface area contributed by atoms with E-state index < -0.39 is 0 Å². The van der Waals surface area contributed by atoms with Crippen LogP contribution in [-0.4, -0.2) is 12.1 Å². The molecule has 1 aromatic rings. The van der Waals surface area contributed by atoms with Crippen LogP contribution in [0.3, 0.4) is 0 Å². The Morgan fingerprint density at radius 2 is 1.95 bits per heavy atom. The highest BCUT2D eigenvalue weighted by molar-refractivity contribution is 5.87. The molecular formula is C19H24O2. The fourth-order valence-corrected chi connectivity index (χ4v) is 4.22. The molecule has 112 valence electrons. The van der Waals surface area contributed by atoms with E-state index in [0.717, 1.165) is 12.0 Å². The van der Waals surface area contributed by atoms with Crippen LogP contribution in [0.4, 0.5) is 0 Å². The molecule has 0 saturated heterocycles. The first-order valence-corrected chi connectivity index (χ1v) is 7.87. The molecule has 0 amide bonds. The number of rotatable bonds is 3. The minimum Gasteiger partial charge on any atom is -0.459 e. The number of hydrogen-bond donors (Lipinski definition) is 0. The lowest BCUT2D eigenvalue weighted by Gasteiger charge is -2.38. The number of esters is 1. The molecule has 2 heteroatoms. The van der Waals surface area contributed by atoms with Gasteiger partial charge in [0.15, 0.2) is 0 Å². The van der Waals surface area contributed by atoms with Gasteiger partial charge in [0.2, 0.25) is 0 Å². The molecule has 2 fully saturated rings. The van der Waals surface area contributed by atoms with Gasteiger partial charge < -0.3 is 4.74 Å². The third-order valence-electron chi connectivity index (χ3n) is 6.18. The van der Waals surface area contributed by atoms with E-state index >= 15 is 0 Å². The van der Waals surface area contributed by atoms with Crippen LogP contribution in [0.25, 0.3) is 6.08 Å². The summed E-state index contributed by atoms with van der Waals surface area (Å²) in [5, 5.41) is 0. The van der Waals surface area contributed by atoms with Gasteiger partial charge in [0.25, 0.3) is 0 Å². The smallest absolute Gasteiger partial charge is 0.331 e. The van der Waals surface area contributed by atoms with Gasteiger partial charge in [-0.15, -0.1) is 0 Å². The SMILES string of the molecule is CC1(C)[C@H]2CC[C@]1(C)[C@H](OC(=O)/C=C/c1ccccc1)C2. The van der Waals surface area contributed by atoms with Gasteiger partial charge in [-0.1, -0.05) is 51.1 Å². The monoisotopic (exact) mass is 284 g/mol. The lowest BCUT2D eigenvalue weighted by atomic mass is 9.70. The summed E-state index contributed by atoms with van der Waals surface area (Å²) in [6, 6.07) is 9.85. The maximum Gasteiger partial charge on any atom is 0.331 e. The Labute approximate surface area is 127 Å². The molecular weight excluding hydrogens is 260 g/mol. The Morgan fingerprint density at radius 1 is 1.24 bits per heavy atom. The Morgan fingerprint density at radius 3 is 2.52 bits per heavy atom. The molecule has 0 N–H and O–H groups in total. The van der Waals surface area contributed by atoms with Crippen LogP contribution in [0.15, 0.2) is 36.4 Å². The average molecular weight is 284 g/mol. The molecule has 3 rings (SSSR count). The van der Waals surface area contributed by atoms with Crippen molar-refractivity contribution in [2.24, 2.45) is 16.7 Å². The highest BCUT2D eigenvalue weighted by Crippen LogP contribution is 2.66. The lowest BCUT2D eigenvalue weighted by molar-refractivity contribution is -0.150. The molecule has 0 aromatic heterocycles. The van der Waals surface area contributed by atoms with E-state index in [1.165, 1.54) is 12.8 Å². The molecule has 3 atom stereocenters. The van der Waals surface area contributed by atoms with E-state index in [1.807, 2.05) is 36.4 Å². The Bertz CT molecular complexity index is 558. The highest BCUT2D eigenvalue weighted by atomic mass is 16.5. The summed E-state index contributed by atoms with van der Waals surface area (Å²) in [6.45, 7) is 6.95. The average Bonchev–Trinajstić information content (AvgIpc) is 2.79. The second-order valence-corrected chi connectivity index (χ2v) is 7.28. The van der Waals surface area contributed by atoms with Gasteiger partial charge in [0.1, 0.15) is 6.10 Å². The molecule has 2 bridgehead atoms. The van der Waals surface area contributed by atoms with E-state index in [1.54, 1.807) is 6.08 Å². The largest absolute Gasteiger partial charge is 0.459 e. The van der Waals surface area contributed by atoms with Crippen molar-refractivity contribution in [2.75, 3.05) is 0 Å². The van der Waals surface area contributed by atoms with Crippen LogP contribution in [-0.2, 0) is 9.53 Å². The molecule has 0 radical (unpaired) electrons. The minimum atomic E-state index is -0.214. The van der Waals surface area contributed by atoms with Crippen LogP contribution in [0, 0.1) is 16.7 Å². The fraction of sp³-hybridized carbons (Fsp3) is 0.526. The number of hydrogen-bond acceptors (Lipinski definition) is 2. The molecule has 2 nitrogen and oxygen atoms in total. The number of benzene rings is 1. The first-order chi connectivity index (χ1) is 9.93. The molecule has 0 spiro atoms. The van der Waals surface area contributed by atoms with Gasteiger partial charge >= 0.3 is 5.97 Å². The van der Waals surface area contributed by atoms with E-state index in [9.17, 15) is 4.79 Å². The molecule has 1 aromatic carbocycles. The first-order valence-electron chi connectivity index (χ1n) is 7.87. The standard InChI is InChI=1S/C19H24O2/c1-18(2)15-11-12-19(18,3)16(13-15)21-17(20)10-9-14-7-5-4-6-8-14/h4-10,15-16H,11-13H2,1-3H3/b10-9+/t15-,16+,19+/m0/s1. The Balaban J connectivity index is 1.66. The summed E-state index contributed by atoms with van der Waals surface area (Å²) in [7, 11) is 0. The third kappa shape index (κ3) is 2.31. The molecule has 2 aliphatic rings. The topological polar surface area (TPSA) is 26.3 Å². The second kappa shape index (κ2) is 5.01. The molecule has 0 aliphatic heterocycles. The normalized spacial score (nSPS) is 33.5. The highest BCUT2D eigenvalue weighted by Gasteiger charge is 2.62. The Kier molecular flexibility index (Phi) is 3.43. The van der Waals surface area contributed by atoms with Gasteiger partial charge in [-0.2, -0.15) is 0 Å². The van der Waals surface area contributed by atoms with E-state index in [2.05, 4.69) is 20.8 Å². The summed E-state index contributed by atoms with van der Waals surface area (Å²) in [5.41, 5.74) is 1.43. The van der Waals surface area contributed by atoms with Crippen molar-refractivity contribution in [2.45, 2.75) is 46.1 Å². The number of carbonyl (C=O) groups excluding carboxylic acids is 1. The van der Waals surface area contributed by atoms with E-state index in [4.69, 9.17) is 4.74 Å². The number of carbonyl (C=O) groups is 1. The van der Waals surface area contributed by atoms with Crippen molar-refractivity contribution in [3.05, 3.63) is 42.0 Å². The summed E-state index contributed by atoms with van der Waals surface area (Å²) in [4.78, 5) is 12.1. The molecule has 0 unspecified atom stereocenters. The molecule has 2 saturated carbocycles. The first kappa shape index (κ1) is 14.4. The van der Waals surface area contributed by atoms with Gasteiger partial charge in [0.05, 0.1) is 0 Å². The summed E-state index contributed by atoms with van der Waals surface area (Å²) in [6.07, 6.45) is 6.91. The molecule has 2 aliphatic carbocycles. The van der Waals surface area contributed by atoms with Gasteiger partial charge in [0, 0.05) is 11.5 Å². The zero-order chi connectivity index (χ0) is 15.1. The fourth-order valence-electron chi connectivity index (χ4n) is 4.22. The number of fused-ring (bicyclic) bond motifs is 2. The van der Waals surface area contributed by atoms with E-state index in [-0.39, 0.29) is 22.9 Å². The van der Waals surface area contributed by atoms with Crippen LogP contribution in [0.5, 0.6) is 0 Å². The van der Waals surface area contributed by atoms with Crippen molar-refractivity contribution < 1.29 is 9.53 Å². The summed E-state index contributed by atoms with van der Waals surface area (Å²) >= 11 is 0. The maximum atomic E-state index is 12.1. The minimum absolute atomic E-state index is 0.0687. The summed E-state index contributed by atoms with van der Waals surface area (Å²) in [5.74, 6) is 0.479. The predicted octanol–water partition coefficient (Wildman–Crippen LogP) is 4.46. The maximum absolute atomic E-state index is 12.1. The number of ether oxygens (including phenoxy) is 1. The lowest BCUT2D eigenvalue weighted by Crippen LogP contribution is -2.38.